The van der Waals surface area contributed by atoms with E-state index >= 15 is 0 Å². The van der Waals surface area contributed by atoms with Gasteiger partial charge in [0.25, 0.3) is 0 Å². The molecule has 29 heavy (non-hydrogen) atoms. The van der Waals surface area contributed by atoms with E-state index in [9.17, 15) is 24.9 Å². The Bertz CT molecular complexity index is 1110. The third kappa shape index (κ3) is 3.61. The second-order valence-electron chi connectivity index (χ2n) is 6.75. The Morgan fingerprint density at radius 2 is 1.97 bits per heavy atom. The van der Waals surface area contributed by atoms with Crippen LogP contribution < -0.4 is 15.0 Å². The molecule has 1 aliphatic rings. The van der Waals surface area contributed by atoms with Gasteiger partial charge in [0, 0.05) is 23.8 Å². The van der Waals surface area contributed by atoms with Crippen molar-refractivity contribution < 1.29 is 34.0 Å². The van der Waals surface area contributed by atoms with Crippen molar-refractivity contribution in [2.75, 3.05) is 6.61 Å². The van der Waals surface area contributed by atoms with Crippen molar-refractivity contribution in [3.8, 4) is 5.75 Å². The highest BCUT2D eigenvalue weighted by Crippen LogP contribution is 2.36. The van der Waals surface area contributed by atoms with E-state index in [0.717, 1.165) is 11.3 Å². The Kier molecular flexibility index (Phi) is 5.28. The van der Waals surface area contributed by atoms with Gasteiger partial charge in [-0.3, -0.25) is 4.79 Å². The van der Waals surface area contributed by atoms with E-state index in [1.54, 1.807) is 30.3 Å². The molecule has 0 bridgehead atoms. The van der Waals surface area contributed by atoms with Crippen molar-refractivity contribution in [3.63, 3.8) is 0 Å². The number of hydrogen-bond acceptors (Lipinski definition) is 9. The van der Waals surface area contributed by atoms with Gasteiger partial charge in [0.2, 0.25) is 12.2 Å². The maximum absolute atomic E-state index is 11.7. The SMILES string of the molecule is CC(=O)N[C@@H]1[C@@H](Oc2cc3sc(=O)oc3c3ccccc23)O[C@@H](CO)[C@@H](O)[C@@H]1O. The van der Waals surface area contributed by atoms with Crippen molar-refractivity contribution in [1.82, 2.24) is 5.32 Å². The minimum Gasteiger partial charge on any atom is -0.462 e. The normalized spacial score (nSPS) is 27.2. The van der Waals surface area contributed by atoms with E-state index in [2.05, 4.69) is 5.32 Å². The first kappa shape index (κ1) is 19.8. The van der Waals surface area contributed by atoms with Crippen LogP contribution in [-0.4, -0.2) is 58.5 Å². The first-order chi connectivity index (χ1) is 13.9. The molecule has 4 rings (SSSR count). The Labute approximate surface area is 168 Å². The number of amides is 1. The Morgan fingerprint density at radius 3 is 2.66 bits per heavy atom. The highest BCUT2D eigenvalue weighted by atomic mass is 32.1. The number of ether oxygens (including phenoxy) is 2. The summed E-state index contributed by atoms with van der Waals surface area (Å²) < 4.78 is 17.5. The van der Waals surface area contributed by atoms with Crippen molar-refractivity contribution in [1.29, 1.82) is 0 Å². The van der Waals surface area contributed by atoms with Gasteiger partial charge in [-0.05, 0) is 0 Å². The molecule has 1 aromatic heterocycles. The van der Waals surface area contributed by atoms with Crippen LogP contribution in [0.5, 0.6) is 5.75 Å². The molecule has 5 atom stereocenters. The van der Waals surface area contributed by atoms with Gasteiger partial charge in [-0.15, -0.1) is 0 Å². The van der Waals surface area contributed by atoms with Crippen molar-refractivity contribution in [2.45, 2.75) is 37.6 Å². The van der Waals surface area contributed by atoms with Crippen LogP contribution in [0.4, 0.5) is 0 Å². The van der Waals surface area contributed by atoms with Crippen LogP contribution in [0.1, 0.15) is 6.92 Å². The third-order valence-electron chi connectivity index (χ3n) is 4.80. The highest BCUT2D eigenvalue weighted by Gasteiger charge is 2.46. The van der Waals surface area contributed by atoms with Crippen LogP contribution in [0.3, 0.4) is 0 Å². The summed E-state index contributed by atoms with van der Waals surface area (Å²) in [6, 6.07) is 7.67. The van der Waals surface area contributed by atoms with Gasteiger partial charge in [0.1, 0.15) is 30.1 Å². The topological polar surface area (TPSA) is 138 Å². The summed E-state index contributed by atoms with van der Waals surface area (Å²) in [6.07, 6.45) is -5.12. The number of fused-ring (bicyclic) bond motifs is 3. The summed E-state index contributed by atoms with van der Waals surface area (Å²) >= 11 is 0.918. The summed E-state index contributed by atoms with van der Waals surface area (Å²) in [7, 11) is 0. The lowest BCUT2D eigenvalue weighted by Gasteiger charge is -2.42. The number of carbonyl (C=O) groups is 1. The fourth-order valence-corrected chi connectivity index (χ4v) is 4.17. The summed E-state index contributed by atoms with van der Waals surface area (Å²) in [5.41, 5.74) is 0.439. The number of benzene rings is 2. The lowest BCUT2D eigenvalue weighted by atomic mass is 9.97. The fraction of sp³-hybridized carbons (Fsp3) is 0.368. The zero-order valence-corrected chi connectivity index (χ0v) is 16.1. The Morgan fingerprint density at radius 1 is 1.24 bits per heavy atom. The predicted octanol–water partition coefficient (Wildman–Crippen LogP) is 0.330. The number of carbonyl (C=O) groups excluding carboxylic acids is 1. The lowest BCUT2D eigenvalue weighted by molar-refractivity contribution is -0.244. The van der Waals surface area contributed by atoms with Crippen LogP contribution in [0.2, 0.25) is 0 Å². The molecular weight excluding hydrogens is 402 g/mol. The molecule has 10 heteroatoms. The number of nitrogens with one attached hydrogen (secondary N) is 1. The maximum atomic E-state index is 11.7. The molecule has 4 N–H and O–H groups in total. The molecule has 1 amide bonds. The van der Waals surface area contributed by atoms with Gasteiger partial charge >= 0.3 is 4.94 Å². The van der Waals surface area contributed by atoms with Gasteiger partial charge < -0.3 is 34.5 Å². The molecule has 0 spiro atoms. The van der Waals surface area contributed by atoms with Gasteiger partial charge in [-0.25, -0.2) is 4.79 Å². The highest BCUT2D eigenvalue weighted by molar-refractivity contribution is 7.16. The predicted molar refractivity (Wildman–Crippen MR) is 104 cm³/mol. The summed E-state index contributed by atoms with van der Waals surface area (Å²) in [5, 5.41) is 33.8. The first-order valence-corrected chi connectivity index (χ1v) is 9.72. The van der Waals surface area contributed by atoms with Crippen LogP contribution in [0.25, 0.3) is 21.1 Å². The fourth-order valence-electron chi connectivity index (χ4n) is 3.46. The molecular formula is C19H19NO8S. The van der Waals surface area contributed by atoms with Gasteiger partial charge in [0.05, 0.1) is 11.3 Å². The minimum absolute atomic E-state index is 0.339. The standard InChI is InChI=1S/C19H19NO8S/c1-8(22)20-14-16(24)15(23)12(7-21)27-18(14)26-11-6-13-17(28-19(25)29-13)10-5-3-2-4-9(10)11/h2-6,12,14-16,18,21,23-24H,7H2,1H3,(H,20,22)/t12-,14-,15+,16+,18-/m0/s1. The molecule has 1 fully saturated rings. The monoisotopic (exact) mass is 421 g/mol. The molecule has 2 heterocycles. The summed E-state index contributed by atoms with van der Waals surface area (Å²) in [4.78, 5) is 22.9. The molecule has 0 aliphatic carbocycles. The maximum Gasteiger partial charge on any atom is 0.396 e. The van der Waals surface area contributed by atoms with Gasteiger partial charge in [0.15, 0.2) is 5.58 Å². The van der Waals surface area contributed by atoms with E-state index in [4.69, 9.17) is 13.9 Å². The van der Waals surface area contributed by atoms with Gasteiger partial charge in [-0.1, -0.05) is 35.6 Å². The van der Waals surface area contributed by atoms with Crippen LogP contribution in [-0.2, 0) is 9.53 Å². The average molecular weight is 421 g/mol. The number of hydrogen-bond donors (Lipinski definition) is 4. The largest absolute Gasteiger partial charge is 0.462 e. The van der Waals surface area contributed by atoms with E-state index in [-0.39, 0.29) is 0 Å². The second kappa shape index (κ2) is 7.73. The molecule has 1 saturated heterocycles. The molecule has 9 nitrogen and oxygen atoms in total. The molecule has 0 saturated carbocycles. The average Bonchev–Trinajstić information content (AvgIpc) is 3.07. The zero-order chi connectivity index (χ0) is 20.7. The molecule has 0 unspecified atom stereocenters. The third-order valence-corrected chi connectivity index (χ3v) is 5.57. The summed E-state index contributed by atoms with van der Waals surface area (Å²) in [6.45, 7) is 0.715. The second-order valence-corrected chi connectivity index (χ2v) is 7.73. The van der Waals surface area contributed by atoms with Crippen LogP contribution in [0, 0.1) is 0 Å². The van der Waals surface area contributed by atoms with Crippen molar-refractivity contribution >= 4 is 38.3 Å². The number of aliphatic hydroxyl groups excluding tert-OH is 3. The van der Waals surface area contributed by atoms with Crippen molar-refractivity contribution in [3.05, 3.63) is 40.1 Å². The van der Waals surface area contributed by atoms with E-state index in [1.807, 2.05) is 0 Å². The molecule has 1 aliphatic heterocycles. The quantitative estimate of drug-likeness (QED) is 0.473. The molecule has 0 radical (unpaired) electrons. The smallest absolute Gasteiger partial charge is 0.396 e. The van der Waals surface area contributed by atoms with E-state index < -0.39 is 48.1 Å². The van der Waals surface area contributed by atoms with Crippen LogP contribution in [0.15, 0.2) is 39.5 Å². The lowest BCUT2D eigenvalue weighted by Crippen LogP contribution is -2.65. The minimum atomic E-state index is -1.42. The molecule has 154 valence electrons. The number of rotatable bonds is 4. The Balaban J connectivity index is 1.78. The van der Waals surface area contributed by atoms with E-state index in [0.29, 0.717) is 26.8 Å². The van der Waals surface area contributed by atoms with Crippen LogP contribution >= 0.6 is 11.3 Å². The van der Waals surface area contributed by atoms with Crippen molar-refractivity contribution in [2.24, 2.45) is 0 Å². The zero-order valence-electron chi connectivity index (χ0n) is 15.3. The van der Waals surface area contributed by atoms with Gasteiger partial charge in [-0.2, -0.15) is 0 Å². The number of aliphatic hydroxyl groups is 3. The summed E-state index contributed by atoms with van der Waals surface area (Å²) in [5.74, 6) is -0.111. The molecule has 2 aromatic carbocycles. The Hall–Kier alpha value is -2.50. The molecule has 3 aromatic rings. The first-order valence-electron chi connectivity index (χ1n) is 8.90. The van der Waals surface area contributed by atoms with E-state index in [1.165, 1.54) is 6.92 Å².